The molecule has 61 heavy (non-hydrogen) atoms. The molecule has 4 aromatic carbocycles. The van der Waals surface area contributed by atoms with Crippen molar-refractivity contribution in [1.82, 2.24) is 20.2 Å². The third-order valence-electron chi connectivity index (χ3n) is 10.2. The van der Waals surface area contributed by atoms with E-state index in [4.69, 9.17) is 24.0 Å². The van der Waals surface area contributed by atoms with Crippen LogP contribution in [0.4, 0.5) is 5.13 Å². The van der Waals surface area contributed by atoms with Gasteiger partial charge in [-0.1, -0.05) is 108 Å². The molecule has 13 nitrogen and oxygen atoms in total. The first-order valence-corrected chi connectivity index (χ1v) is 21.1. The maximum absolute atomic E-state index is 14.1. The SMILES string of the molecule is CO/N=C(\C(=O)N[C@@H]1C(=O)N2C(C(=O)OCc3ccc(OC)cc3)=C(OCc3ccncc3)CS[C@@H]12)c1csc(NC(c2ccccc2)(c2ccccc2)c2ccccc2)n1. The number of oxime groups is 1. The number of carbonyl (C=O) groups is 3. The van der Waals surface area contributed by atoms with Crippen LogP contribution in [0.2, 0.25) is 0 Å². The molecule has 2 aliphatic heterocycles. The van der Waals surface area contributed by atoms with Gasteiger partial charge in [0, 0.05) is 17.8 Å². The Bertz CT molecular complexity index is 2440. The summed E-state index contributed by atoms with van der Waals surface area (Å²) < 4.78 is 17.1. The number of nitrogens with one attached hydrogen (secondary N) is 2. The van der Waals surface area contributed by atoms with Crippen LogP contribution in [0.25, 0.3) is 0 Å². The van der Waals surface area contributed by atoms with Gasteiger partial charge in [0.05, 0.1) is 12.9 Å². The first kappa shape index (κ1) is 40.8. The van der Waals surface area contributed by atoms with Crippen LogP contribution >= 0.6 is 23.1 Å². The number of hydrogen-bond donors (Lipinski definition) is 2. The average molecular weight is 853 g/mol. The molecule has 2 atom stereocenters. The van der Waals surface area contributed by atoms with Gasteiger partial charge in [0.25, 0.3) is 11.8 Å². The molecule has 0 bridgehead atoms. The molecule has 4 heterocycles. The van der Waals surface area contributed by atoms with Gasteiger partial charge in [0.15, 0.2) is 16.5 Å². The van der Waals surface area contributed by atoms with Gasteiger partial charge in [0.2, 0.25) is 0 Å². The second kappa shape index (κ2) is 18.5. The summed E-state index contributed by atoms with van der Waals surface area (Å²) in [5.74, 6) is -0.723. The highest BCUT2D eigenvalue weighted by Crippen LogP contribution is 2.42. The molecule has 1 fully saturated rings. The van der Waals surface area contributed by atoms with Gasteiger partial charge in [-0.2, -0.15) is 0 Å². The van der Waals surface area contributed by atoms with Crippen molar-refractivity contribution in [2.45, 2.75) is 30.2 Å². The number of anilines is 1. The van der Waals surface area contributed by atoms with E-state index in [9.17, 15) is 14.4 Å². The first-order chi connectivity index (χ1) is 29.9. The topological polar surface area (TPSA) is 154 Å². The van der Waals surface area contributed by atoms with Crippen molar-refractivity contribution < 1.29 is 33.4 Å². The highest BCUT2D eigenvalue weighted by atomic mass is 32.2. The van der Waals surface area contributed by atoms with Gasteiger partial charge >= 0.3 is 5.97 Å². The standard InChI is InChI=1S/C46H40N6O7S2/c1-56-35-20-18-30(19-21-35)27-59-44(55)40-37(58-26-31-22-24-47-25-23-31)29-60-43-39(42(54)52(40)43)49-41(53)38(51-57-2)36-28-61-45(48-36)50-46(32-12-6-3-7-13-32,33-14-8-4-9-15-33)34-16-10-5-11-17-34/h3-25,28,39,43H,26-27,29H2,1-2H3,(H,48,50)(H,49,53)/b51-38-/t39-,43+/m1/s1. The number of rotatable bonds is 16. The fourth-order valence-corrected chi connectivity index (χ4v) is 9.19. The summed E-state index contributed by atoms with van der Waals surface area (Å²) in [5.41, 5.74) is 3.75. The van der Waals surface area contributed by atoms with Crippen molar-refractivity contribution in [3.05, 3.63) is 190 Å². The smallest absolute Gasteiger partial charge is 0.358 e. The molecular weight excluding hydrogens is 813 g/mol. The molecule has 0 unspecified atom stereocenters. The van der Waals surface area contributed by atoms with E-state index in [2.05, 4.69) is 57.2 Å². The largest absolute Gasteiger partial charge is 0.497 e. The van der Waals surface area contributed by atoms with E-state index in [1.54, 1.807) is 61.3 Å². The van der Waals surface area contributed by atoms with Gasteiger partial charge in [-0.25, -0.2) is 9.78 Å². The number of β-lactam (4-membered cyclic amide) rings is 1. The predicted octanol–water partition coefficient (Wildman–Crippen LogP) is 6.87. The Morgan fingerprint density at radius 3 is 2.02 bits per heavy atom. The lowest BCUT2D eigenvalue weighted by molar-refractivity contribution is -0.153. The van der Waals surface area contributed by atoms with E-state index < -0.39 is 34.7 Å². The number of fused-ring (bicyclic) bond motifs is 1. The van der Waals surface area contributed by atoms with Gasteiger partial charge < -0.3 is 29.7 Å². The van der Waals surface area contributed by atoms with Crippen molar-refractivity contribution in [2.75, 3.05) is 25.3 Å². The molecule has 0 aliphatic carbocycles. The highest BCUT2D eigenvalue weighted by Gasteiger charge is 2.55. The lowest BCUT2D eigenvalue weighted by atomic mass is 9.77. The molecule has 0 spiro atoms. The summed E-state index contributed by atoms with van der Waals surface area (Å²) >= 11 is 2.66. The minimum atomic E-state index is -0.996. The minimum absolute atomic E-state index is 0.0125. The molecule has 8 rings (SSSR count). The molecule has 0 radical (unpaired) electrons. The van der Waals surface area contributed by atoms with E-state index in [1.807, 2.05) is 54.6 Å². The van der Waals surface area contributed by atoms with Crippen molar-refractivity contribution in [1.29, 1.82) is 0 Å². The number of esters is 1. The Labute approximate surface area is 360 Å². The van der Waals surface area contributed by atoms with Crippen LogP contribution < -0.4 is 15.4 Å². The molecule has 0 saturated carbocycles. The number of thiazole rings is 1. The summed E-state index contributed by atoms with van der Waals surface area (Å²) in [6.07, 6.45) is 3.29. The Morgan fingerprint density at radius 2 is 1.43 bits per heavy atom. The van der Waals surface area contributed by atoms with Crippen LogP contribution in [-0.4, -0.2) is 69.8 Å². The quantitative estimate of drug-likeness (QED) is 0.0345. The lowest BCUT2D eigenvalue weighted by Crippen LogP contribution is -2.71. The summed E-state index contributed by atoms with van der Waals surface area (Å²) in [6.45, 7) is 0.0967. The minimum Gasteiger partial charge on any atom is -0.497 e. The number of carbonyl (C=O) groups excluding carboxylic acids is 3. The Morgan fingerprint density at radius 1 is 0.820 bits per heavy atom. The number of amides is 2. The third kappa shape index (κ3) is 8.56. The molecule has 1 saturated heterocycles. The fraction of sp³-hybridized carbons (Fsp3) is 0.174. The lowest BCUT2D eigenvalue weighted by Gasteiger charge is -2.49. The van der Waals surface area contributed by atoms with Crippen LogP contribution in [0.5, 0.6) is 5.75 Å². The number of nitrogens with zero attached hydrogens (tertiary/aromatic N) is 4. The molecule has 15 heteroatoms. The zero-order valence-corrected chi connectivity index (χ0v) is 34.7. The Balaban J connectivity index is 1.03. The van der Waals surface area contributed by atoms with Crippen molar-refractivity contribution in [3.63, 3.8) is 0 Å². The van der Waals surface area contributed by atoms with Gasteiger partial charge in [0.1, 0.15) is 54.5 Å². The second-order valence-corrected chi connectivity index (χ2v) is 15.8. The fourth-order valence-electron chi connectivity index (χ4n) is 7.17. The molecule has 308 valence electrons. The molecule has 2 amide bonds. The number of methoxy groups -OCH3 is 1. The van der Waals surface area contributed by atoms with E-state index >= 15 is 0 Å². The maximum atomic E-state index is 14.1. The van der Waals surface area contributed by atoms with Gasteiger partial charge in [-0.05, 0) is 52.1 Å². The van der Waals surface area contributed by atoms with Crippen molar-refractivity contribution in [3.8, 4) is 5.75 Å². The number of thioether (sulfide) groups is 1. The van der Waals surface area contributed by atoms with E-state index in [1.165, 1.54) is 35.1 Å². The van der Waals surface area contributed by atoms with Crippen molar-refractivity contribution >= 4 is 51.7 Å². The number of pyridine rings is 1. The summed E-state index contributed by atoms with van der Waals surface area (Å²) in [5, 5.41) is 12.2. The Hall–Kier alpha value is -6.97. The van der Waals surface area contributed by atoms with Crippen LogP contribution in [0.15, 0.2) is 162 Å². The first-order valence-electron chi connectivity index (χ1n) is 19.2. The normalized spacial score (nSPS) is 16.2. The maximum Gasteiger partial charge on any atom is 0.358 e. The monoisotopic (exact) mass is 852 g/mol. The Kier molecular flexibility index (Phi) is 12.4. The summed E-state index contributed by atoms with van der Waals surface area (Å²) in [6, 6.07) is 39.9. The zero-order chi connectivity index (χ0) is 42.2. The van der Waals surface area contributed by atoms with Crippen molar-refractivity contribution in [2.24, 2.45) is 5.16 Å². The van der Waals surface area contributed by atoms with E-state index in [0.29, 0.717) is 10.9 Å². The molecule has 2 aromatic heterocycles. The van der Waals surface area contributed by atoms with Crippen LogP contribution in [0, 0.1) is 0 Å². The summed E-state index contributed by atoms with van der Waals surface area (Å²) in [4.78, 5) is 57.2. The number of ether oxygens (including phenoxy) is 3. The number of aromatic nitrogens is 2. The van der Waals surface area contributed by atoms with Gasteiger partial charge in [-0.3, -0.25) is 19.5 Å². The van der Waals surface area contributed by atoms with Crippen LogP contribution in [0.3, 0.4) is 0 Å². The molecule has 2 N–H and O–H groups in total. The number of benzene rings is 4. The highest BCUT2D eigenvalue weighted by molar-refractivity contribution is 8.00. The third-order valence-corrected chi connectivity index (χ3v) is 12.2. The van der Waals surface area contributed by atoms with Gasteiger partial charge in [-0.15, -0.1) is 23.1 Å². The summed E-state index contributed by atoms with van der Waals surface area (Å²) in [7, 11) is 2.90. The molecular formula is C46H40N6O7S2. The van der Waals surface area contributed by atoms with E-state index in [0.717, 1.165) is 27.8 Å². The van der Waals surface area contributed by atoms with Crippen LogP contribution in [0.1, 0.15) is 33.5 Å². The predicted molar refractivity (Wildman–Crippen MR) is 232 cm³/mol. The average Bonchev–Trinajstić information content (AvgIpc) is 3.79. The molecule has 2 aliphatic rings. The number of hydrogen-bond acceptors (Lipinski definition) is 13. The van der Waals surface area contributed by atoms with Crippen LogP contribution in [-0.2, 0) is 47.4 Å². The zero-order valence-electron chi connectivity index (χ0n) is 33.1. The van der Waals surface area contributed by atoms with E-state index in [-0.39, 0.29) is 41.8 Å². The second-order valence-electron chi connectivity index (χ2n) is 13.8. The molecule has 6 aromatic rings.